The maximum Gasteiger partial charge on any atom is 0.261 e. The van der Waals surface area contributed by atoms with E-state index in [1.807, 2.05) is 31.2 Å². The first-order chi connectivity index (χ1) is 13.1. The number of rotatable bonds is 7. The molecular formula is C24H31NO2. The van der Waals surface area contributed by atoms with E-state index in [1.165, 1.54) is 36.0 Å². The number of fused-ring (bicyclic) bond motifs is 1. The number of benzene rings is 2. The molecule has 0 spiro atoms. The molecular weight excluding hydrogens is 334 g/mol. The zero-order valence-corrected chi connectivity index (χ0v) is 16.8. The summed E-state index contributed by atoms with van der Waals surface area (Å²) in [6.45, 7) is 6.03. The smallest absolute Gasteiger partial charge is 0.261 e. The third-order valence-corrected chi connectivity index (χ3v) is 5.53. The van der Waals surface area contributed by atoms with Crippen LogP contribution in [0.4, 0.5) is 0 Å². The van der Waals surface area contributed by atoms with Crippen LogP contribution in [0, 0.1) is 0 Å². The molecule has 3 rings (SSSR count). The lowest BCUT2D eigenvalue weighted by Crippen LogP contribution is -2.38. The molecule has 0 saturated heterocycles. The van der Waals surface area contributed by atoms with Crippen molar-refractivity contribution >= 4 is 5.91 Å². The Labute approximate surface area is 163 Å². The van der Waals surface area contributed by atoms with Crippen molar-refractivity contribution in [2.75, 3.05) is 0 Å². The molecule has 144 valence electrons. The van der Waals surface area contributed by atoms with Crippen LogP contribution in [0.2, 0.25) is 0 Å². The highest BCUT2D eigenvalue weighted by Gasteiger charge is 2.21. The number of hydrogen-bond donors (Lipinski definition) is 1. The summed E-state index contributed by atoms with van der Waals surface area (Å²) in [5, 5.41) is 3.18. The highest BCUT2D eigenvalue weighted by Crippen LogP contribution is 2.26. The van der Waals surface area contributed by atoms with Crippen molar-refractivity contribution in [3.63, 3.8) is 0 Å². The van der Waals surface area contributed by atoms with Crippen molar-refractivity contribution in [2.24, 2.45) is 0 Å². The zero-order valence-electron chi connectivity index (χ0n) is 16.8. The molecule has 0 unspecified atom stereocenters. The van der Waals surface area contributed by atoms with Crippen molar-refractivity contribution in [3.8, 4) is 5.75 Å². The molecule has 2 aromatic rings. The number of aryl methyl sites for hydroxylation is 3. The Kier molecular flexibility index (Phi) is 6.54. The van der Waals surface area contributed by atoms with Gasteiger partial charge in [0, 0.05) is 0 Å². The van der Waals surface area contributed by atoms with Crippen LogP contribution in [0.15, 0.2) is 42.5 Å². The monoisotopic (exact) mass is 365 g/mol. The summed E-state index contributed by atoms with van der Waals surface area (Å²) < 4.78 is 5.96. The number of hydrogen-bond acceptors (Lipinski definition) is 2. The Bertz CT molecular complexity index is 784. The number of carbonyl (C=O) groups is 1. The van der Waals surface area contributed by atoms with Gasteiger partial charge in [0.15, 0.2) is 6.10 Å². The minimum absolute atomic E-state index is 0.0252. The van der Waals surface area contributed by atoms with E-state index in [-0.39, 0.29) is 11.9 Å². The fourth-order valence-corrected chi connectivity index (χ4v) is 3.84. The number of ether oxygens (including phenoxy) is 1. The van der Waals surface area contributed by atoms with Crippen LogP contribution in [-0.2, 0) is 24.1 Å². The van der Waals surface area contributed by atoms with E-state index in [4.69, 9.17) is 4.74 Å². The minimum atomic E-state index is -0.524. The predicted molar refractivity (Wildman–Crippen MR) is 110 cm³/mol. The third kappa shape index (κ3) is 4.71. The fraction of sp³-hybridized carbons (Fsp3) is 0.458. The molecule has 2 aromatic carbocycles. The SMILES string of the molecule is CCc1ccccc1O[C@@H](C)C(=O)N[C@H](CC)c1ccc2c(c1)CCCC2. The molecule has 3 nitrogen and oxygen atoms in total. The van der Waals surface area contributed by atoms with Crippen molar-refractivity contribution in [1.29, 1.82) is 0 Å². The molecule has 1 aliphatic rings. The first-order valence-corrected chi connectivity index (χ1v) is 10.3. The topological polar surface area (TPSA) is 38.3 Å². The third-order valence-electron chi connectivity index (χ3n) is 5.53. The zero-order chi connectivity index (χ0) is 19.2. The molecule has 0 saturated carbocycles. The van der Waals surface area contributed by atoms with Gasteiger partial charge in [-0.2, -0.15) is 0 Å². The van der Waals surface area contributed by atoms with Crippen molar-refractivity contribution in [3.05, 3.63) is 64.7 Å². The van der Waals surface area contributed by atoms with E-state index >= 15 is 0 Å². The van der Waals surface area contributed by atoms with Crippen LogP contribution in [-0.4, -0.2) is 12.0 Å². The van der Waals surface area contributed by atoms with Gasteiger partial charge in [-0.25, -0.2) is 0 Å². The molecule has 1 N–H and O–H groups in total. The number of para-hydroxylation sites is 1. The second-order valence-electron chi connectivity index (χ2n) is 7.43. The first kappa shape index (κ1) is 19.5. The van der Waals surface area contributed by atoms with Gasteiger partial charge in [-0.1, -0.05) is 50.2 Å². The lowest BCUT2D eigenvalue weighted by atomic mass is 9.89. The maximum absolute atomic E-state index is 12.7. The minimum Gasteiger partial charge on any atom is -0.481 e. The molecule has 1 aliphatic carbocycles. The van der Waals surface area contributed by atoms with E-state index in [0.717, 1.165) is 30.6 Å². The summed E-state index contributed by atoms with van der Waals surface area (Å²) in [6, 6.07) is 14.7. The first-order valence-electron chi connectivity index (χ1n) is 10.3. The van der Waals surface area contributed by atoms with Crippen LogP contribution < -0.4 is 10.1 Å². The highest BCUT2D eigenvalue weighted by atomic mass is 16.5. The van der Waals surface area contributed by atoms with Gasteiger partial charge in [0.1, 0.15) is 5.75 Å². The lowest BCUT2D eigenvalue weighted by Gasteiger charge is -2.24. The van der Waals surface area contributed by atoms with Crippen LogP contribution in [0.5, 0.6) is 5.75 Å². The molecule has 0 aliphatic heterocycles. The normalized spacial score (nSPS) is 15.5. The Balaban J connectivity index is 1.67. The summed E-state index contributed by atoms with van der Waals surface area (Å²) in [7, 11) is 0. The van der Waals surface area contributed by atoms with Gasteiger partial charge in [0.25, 0.3) is 5.91 Å². The van der Waals surface area contributed by atoms with E-state index in [0.29, 0.717) is 0 Å². The number of amides is 1. The van der Waals surface area contributed by atoms with Gasteiger partial charge in [0.2, 0.25) is 0 Å². The van der Waals surface area contributed by atoms with Gasteiger partial charge in [-0.3, -0.25) is 4.79 Å². The molecule has 0 heterocycles. The average Bonchev–Trinajstić information content (AvgIpc) is 2.71. The van der Waals surface area contributed by atoms with Gasteiger partial charge in [-0.15, -0.1) is 0 Å². The lowest BCUT2D eigenvalue weighted by molar-refractivity contribution is -0.128. The summed E-state index contributed by atoms with van der Waals surface area (Å²) in [5.74, 6) is 0.731. The Hall–Kier alpha value is -2.29. The van der Waals surface area contributed by atoms with E-state index in [1.54, 1.807) is 0 Å². The molecule has 0 bridgehead atoms. The van der Waals surface area contributed by atoms with Gasteiger partial charge in [0.05, 0.1) is 6.04 Å². The van der Waals surface area contributed by atoms with E-state index < -0.39 is 6.10 Å². The van der Waals surface area contributed by atoms with E-state index in [2.05, 4.69) is 37.4 Å². The highest BCUT2D eigenvalue weighted by molar-refractivity contribution is 5.81. The van der Waals surface area contributed by atoms with E-state index in [9.17, 15) is 4.79 Å². The number of nitrogens with one attached hydrogen (secondary N) is 1. The molecule has 0 fully saturated rings. The van der Waals surface area contributed by atoms with Gasteiger partial charge >= 0.3 is 0 Å². The second-order valence-corrected chi connectivity index (χ2v) is 7.43. The standard InChI is InChI=1S/C24H31NO2/c1-4-18-10-8-9-13-23(18)27-17(3)24(26)25-22(5-2)21-15-14-19-11-6-7-12-20(19)16-21/h8-10,13-17,22H,4-7,11-12H2,1-3H3,(H,25,26)/t17-,22+/m0/s1. The van der Waals surface area contributed by atoms with Crippen LogP contribution >= 0.6 is 0 Å². The maximum atomic E-state index is 12.7. The Morgan fingerprint density at radius 2 is 1.81 bits per heavy atom. The number of carbonyl (C=O) groups excluding carboxylic acids is 1. The van der Waals surface area contributed by atoms with Crippen molar-refractivity contribution < 1.29 is 9.53 Å². The molecule has 0 radical (unpaired) electrons. The van der Waals surface area contributed by atoms with Crippen LogP contribution in [0.1, 0.15) is 68.3 Å². The molecule has 3 heteroatoms. The average molecular weight is 366 g/mol. The summed E-state index contributed by atoms with van der Waals surface area (Å²) in [4.78, 5) is 12.7. The van der Waals surface area contributed by atoms with Gasteiger partial charge in [-0.05, 0) is 73.8 Å². The Morgan fingerprint density at radius 3 is 2.56 bits per heavy atom. The fourth-order valence-electron chi connectivity index (χ4n) is 3.84. The van der Waals surface area contributed by atoms with Crippen LogP contribution in [0.25, 0.3) is 0 Å². The summed E-state index contributed by atoms with van der Waals surface area (Å²) >= 11 is 0. The molecule has 1 amide bonds. The predicted octanol–water partition coefficient (Wildman–Crippen LogP) is 5.16. The molecule has 27 heavy (non-hydrogen) atoms. The Morgan fingerprint density at radius 1 is 1.07 bits per heavy atom. The van der Waals surface area contributed by atoms with Crippen molar-refractivity contribution in [2.45, 2.75) is 71.4 Å². The summed E-state index contributed by atoms with van der Waals surface area (Å²) in [5.41, 5.74) is 5.25. The summed E-state index contributed by atoms with van der Waals surface area (Å²) in [6.07, 6.45) is 6.11. The van der Waals surface area contributed by atoms with Gasteiger partial charge < -0.3 is 10.1 Å². The molecule has 2 atom stereocenters. The second kappa shape index (κ2) is 9.07. The van der Waals surface area contributed by atoms with Crippen molar-refractivity contribution in [1.82, 2.24) is 5.32 Å². The largest absolute Gasteiger partial charge is 0.481 e. The van der Waals surface area contributed by atoms with Crippen LogP contribution in [0.3, 0.4) is 0 Å². The molecule has 0 aromatic heterocycles. The quantitative estimate of drug-likeness (QED) is 0.736.